The summed E-state index contributed by atoms with van der Waals surface area (Å²) in [5.41, 5.74) is 15.3. The lowest BCUT2D eigenvalue weighted by atomic mass is 9.94. The van der Waals surface area contributed by atoms with Crippen LogP contribution in [0.1, 0.15) is 0 Å². The molecule has 0 saturated carbocycles. The second-order valence-corrected chi connectivity index (χ2v) is 13.3. The first-order chi connectivity index (χ1) is 26.3. The summed E-state index contributed by atoms with van der Waals surface area (Å²) in [6.45, 7) is 0. The number of benzene rings is 9. The largest absolute Gasteiger partial charge is 0.310 e. The predicted molar refractivity (Wildman–Crippen MR) is 226 cm³/mol. The molecule has 0 N–H and O–H groups in total. The van der Waals surface area contributed by atoms with Crippen LogP contribution in [-0.2, 0) is 0 Å². The first kappa shape index (κ1) is 32.0. The lowest BCUT2D eigenvalue weighted by Crippen LogP contribution is -2.11. The standard InChI is InChI=1S/C52H37N/c1-3-16-38(17-4-1)47-27-9-10-28-49(47)41-32-34-45(35-33-41)53(52-31-12-11-29-51(52)40-18-5-2-6-19-40)46-25-14-23-43(37-46)42-22-13-24-44(36-42)50-30-15-21-39-20-7-8-26-48(39)50/h1-37H. The average Bonchev–Trinajstić information content (AvgIpc) is 3.25. The molecule has 0 aliphatic heterocycles. The zero-order valence-electron chi connectivity index (χ0n) is 29.3. The molecule has 0 atom stereocenters. The van der Waals surface area contributed by atoms with Crippen LogP contribution in [0.25, 0.3) is 66.4 Å². The molecule has 0 heterocycles. The highest BCUT2D eigenvalue weighted by molar-refractivity contribution is 5.97. The van der Waals surface area contributed by atoms with Crippen molar-refractivity contribution >= 4 is 27.8 Å². The van der Waals surface area contributed by atoms with Gasteiger partial charge in [-0.1, -0.05) is 188 Å². The molecule has 0 aliphatic rings. The normalized spacial score (nSPS) is 11.0. The number of para-hydroxylation sites is 1. The van der Waals surface area contributed by atoms with Crippen molar-refractivity contribution in [1.29, 1.82) is 0 Å². The summed E-state index contributed by atoms with van der Waals surface area (Å²) in [5.74, 6) is 0. The van der Waals surface area contributed by atoms with E-state index in [0.717, 1.165) is 17.1 Å². The van der Waals surface area contributed by atoms with E-state index in [0.29, 0.717) is 0 Å². The van der Waals surface area contributed by atoms with Gasteiger partial charge in [0, 0.05) is 16.9 Å². The van der Waals surface area contributed by atoms with Gasteiger partial charge in [0.05, 0.1) is 5.69 Å². The van der Waals surface area contributed by atoms with Gasteiger partial charge in [-0.05, 0) is 97.2 Å². The Balaban J connectivity index is 1.16. The van der Waals surface area contributed by atoms with Gasteiger partial charge in [0.15, 0.2) is 0 Å². The molecule has 1 heteroatoms. The SMILES string of the molecule is c1ccc(-c2ccccc2-c2ccc(N(c3cccc(-c4cccc(-c5cccc6ccccc56)c4)c3)c3ccccc3-c3ccccc3)cc2)cc1. The van der Waals surface area contributed by atoms with Crippen molar-refractivity contribution < 1.29 is 0 Å². The van der Waals surface area contributed by atoms with Crippen molar-refractivity contribution in [3.05, 3.63) is 224 Å². The van der Waals surface area contributed by atoms with Gasteiger partial charge in [0.1, 0.15) is 0 Å². The first-order valence-corrected chi connectivity index (χ1v) is 18.2. The Morgan fingerprint density at radius 1 is 0.245 bits per heavy atom. The minimum Gasteiger partial charge on any atom is -0.310 e. The summed E-state index contributed by atoms with van der Waals surface area (Å²) in [5, 5.41) is 2.51. The molecule has 250 valence electrons. The van der Waals surface area contributed by atoms with E-state index in [1.807, 2.05) is 0 Å². The third-order valence-electron chi connectivity index (χ3n) is 10.1. The molecule has 0 unspecified atom stereocenters. The molecule has 9 aromatic carbocycles. The zero-order valence-corrected chi connectivity index (χ0v) is 29.3. The predicted octanol–water partition coefficient (Wildman–Crippen LogP) is 14.6. The van der Waals surface area contributed by atoms with Crippen LogP contribution in [-0.4, -0.2) is 0 Å². The van der Waals surface area contributed by atoms with Gasteiger partial charge in [-0.25, -0.2) is 0 Å². The molecule has 0 radical (unpaired) electrons. The number of anilines is 3. The van der Waals surface area contributed by atoms with Crippen molar-refractivity contribution in [1.82, 2.24) is 0 Å². The van der Waals surface area contributed by atoms with Gasteiger partial charge in [-0.15, -0.1) is 0 Å². The number of fused-ring (bicyclic) bond motifs is 1. The highest BCUT2D eigenvalue weighted by atomic mass is 15.1. The molecule has 0 saturated heterocycles. The van der Waals surface area contributed by atoms with Crippen molar-refractivity contribution in [3.8, 4) is 55.6 Å². The van der Waals surface area contributed by atoms with Crippen LogP contribution in [0.3, 0.4) is 0 Å². The Hall–Kier alpha value is -6.96. The molecule has 0 aliphatic carbocycles. The van der Waals surface area contributed by atoms with Crippen molar-refractivity contribution in [2.24, 2.45) is 0 Å². The summed E-state index contributed by atoms with van der Waals surface area (Å²) in [6, 6.07) is 80.8. The van der Waals surface area contributed by atoms with Crippen molar-refractivity contribution in [2.45, 2.75) is 0 Å². The Bertz CT molecular complexity index is 2650. The fraction of sp³-hybridized carbons (Fsp3) is 0. The Morgan fingerprint density at radius 2 is 0.717 bits per heavy atom. The molecule has 0 bridgehead atoms. The van der Waals surface area contributed by atoms with Gasteiger partial charge in [0.2, 0.25) is 0 Å². The number of hydrogen-bond acceptors (Lipinski definition) is 1. The Kier molecular flexibility index (Phi) is 8.66. The second-order valence-electron chi connectivity index (χ2n) is 13.3. The molecule has 9 rings (SSSR count). The van der Waals surface area contributed by atoms with E-state index in [1.165, 1.54) is 66.4 Å². The number of nitrogens with zero attached hydrogens (tertiary/aromatic N) is 1. The van der Waals surface area contributed by atoms with Crippen molar-refractivity contribution in [3.63, 3.8) is 0 Å². The second kappa shape index (κ2) is 14.3. The van der Waals surface area contributed by atoms with Crippen LogP contribution in [0.5, 0.6) is 0 Å². The third kappa shape index (κ3) is 6.42. The highest BCUT2D eigenvalue weighted by Crippen LogP contribution is 2.43. The monoisotopic (exact) mass is 675 g/mol. The maximum absolute atomic E-state index is 2.40. The van der Waals surface area contributed by atoms with Crippen LogP contribution >= 0.6 is 0 Å². The lowest BCUT2D eigenvalue weighted by Gasteiger charge is -2.28. The number of hydrogen-bond donors (Lipinski definition) is 0. The molecule has 0 spiro atoms. The van der Waals surface area contributed by atoms with E-state index in [4.69, 9.17) is 0 Å². The van der Waals surface area contributed by atoms with E-state index in [9.17, 15) is 0 Å². The average molecular weight is 676 g/mol. The maximum Gasteiger partial charge on any atom is 0.0540 e. The minimum atomic E-state index is 1.09. The molecular formula is C52H37N. The topological polar surface area (TPSA) is 3.24 Å². The third-order valence-corrected chi connectivity index (χ3v) is 10.1. The molecule has 0 aromatic heterocycles. The molecule has 1 nitrogen and oxygen atoms in total. The summed E-state index contributed by atoms with van der Waals surface area (Å²) in [7, 11) is 0. The van der Waals surface area contributed by atoms with E-state index in [1.54, 1.807) is 0 Å². The van der Waals surface area contributed by atoms with Gasteiger partial charge in [-0.3, -0.25) is 0 Å². The van der Waals surface area contributed by atoms with Gasteiger partial charge < -0.3 is 4.90 Å². The molecule has 0 amide bonds. The quantitative estimate of drug-likeness (QED) is 0.155. The van der Waals surface area contributed by atoms with E-state index in [-0.39, 0.29) is 0 Å². The summed E-state index contributed by atoms with van der Waals surface area (Å²) in [4.78, 5) is 2.40. The smallest absolute Gasteiger partial charge is 0.0540 e. The summed E-state index contributed by atoms with van der Waals surface area (Å²) >= 11 is 0. The fourth-order valence-corrected chi connectivity index (χ4v) is 7.52. The Labute approximate surface area is 311 Å². The van der Waals surface area contributed by atoms with Gasteiger partial charge in [0.25, 0.3) is 0 Å². The highest BCUT2D eigenvalue weighted by Gasteiger charge is 2.18. The maximum atomic E-state index is 2.40. The molecule has 0 fully saturated rings. The molecule has 9 aromatic rings. The first-order valence-electron chi connectivity index (χ1n) is 18.2. The molecule has 53 heavy (non-hydrogen) atoms. The Morgan fingerprint density at radius 3 is 1.45 bits per heavy atom. The van der Waals surface area contributed by atoms with Crippen LogP contribution < -0.4 is 4.90 Å². The van der Waals surface area contributed by atoms with E-state index >= 15 is 0 Å². The molecular weight excluding hydrogens is 639 g/mol. The van der Waals surface area contributed by atoms with Crippen LogP contribution in [0.15, 0.2) is 224 Å². The van der Waals surface area contributed by atoms with Crippen molar-refractivity contribution in [2.75, 3.05) is 4.90 Å². The number of rotatable bonds is 8. The van der Waals surface area contributed by atoms with E-state index in [2.05, 4.69) is 229 Å². The van der Waals surface area contributed by atoms with E-state index < -0.39 is 0 Å². The fourth-order valence-electron chi connectivity index (χ4n) is 7.52. The van der Waals surface area contributed by atoms with Crippen LogP contribution in [0.4, 0.5) is 17.1 Å². The summed E-state index contributed by atoms with van der Waals surface area (Å²) in [6.07, 6.45) is 0. The lowest BCUT2D eigenvalue weighted by molar-refractivity contribution is 1.28. The van der Waals surface area contributed by atoms with Crippen LogP contribution in [0, 0.1) is 0 Å². The zero-order chi connectivity index (χ0) is 35.4. The van der Waals surface area contributed by atoms with Crippen LogP contribution in [0.2, 0.25) is 0 Å². The van der Waals surface area contributed by atoms with Gasteiger partial charge >= 0.3 is 0 Å². The summed E-state index contributed by atoms with van der Waals surface area (Å²) < 4.78 is 0. The minimum absolute atomic E-state index is 1.09. The van der Waals surface area contributed by atoms with Gasteiger partial charge in [-0.2, -0.15) is 0 Å².